The van der Waals surface area contributed by atoms with Crippen LogP contribution in [0.1, 0.15) is 15.4 Å². The van der Waals surface area contributed by atoms with E-state index in [2.05, 4.69) is 22.4 Å². The summed E-state index contributed by atoms with van der Waals surface area (Å²) in [6.07, 6.45) is 0. The predicted octanol–water partition coefficient (Wildman–Crippen LogP) is 3.78. The van der Waals surface area contributed by atoms with Crippen LogP contribution in [-0.4, -0.2) is 54.0 Å². The van der Waals surface area contributed by atoms with E-state index in [0.717, 1.165) is 54.7 Å². The van der Waals surface area contributed by atoms with Crippen LogP contribution in [-0.2, 0) is 6.54 Å². The van der Waals surface area contributed by atoms with Crippen LogP contribution in [0.2, 0.25) is 0 Å². The first-order valence-electron chi connectivity index (χ1n) is 9.38. The Kier molecular flexibility index (Phi) is 5.69. The van der Waals surface area contributed by atoms with Crippen molar-refractivity contribution in [1.82, 2.24) is 14.8 Å². The molecule has 0 aliphatic carbocycles. The predicted molar refractivity (Wildman–Crippen MR) is 112 cm³/mol. The molecule has 1 aromatic heterocycles. The number of methoxy groups -OCH3 is 1. The summed E-state index contributed by atoms with van der Waals surface area (Å²) in [6, 6.07) is 17.6. The van der Waals surface area contributed by atoms with Gasteiger partial charge in [0.2, 0.25) is 0 Å². The minimum Gasteiger partial charge on any atom is -0.497 e. The van der Waals surface area contributed by atoms with Crippen LogP contribution >= 0.6 is 11.3 Å². The minimum atomic E-state index is 0.0860. The molecule has 2 heterocycles. The maximum Gasteiger partial charge on any atom is 0.253 e. The van der Waals surface area contributed by atoms with Gasteiger partial charge in [-0.15, -0.1) is 11.3 Å². The van der Waals surface area contributed by atoms with Gasteiger partial charge in [0.25, 0.3) is 5.91 Å². The lowest BCUT2D eigenvalue weighted by Gasteiger charge is -2.34. The van der Waals surface area contributed by atoms with E-state index in [9.17, 15) is 4.79 Å². The largest absolute Gasteiger partial charge is 0.497 e. The summed E-state index contributed by atoms with van der Waals surface area (Å²) in [5, 5.41) is 3.24. The summed E-state index contributed by atoms with van der Waals surface area (Å²) >= 11 is 1.70. The molecule has 6 heteroatoms. The van der Waals surface area contributed by atoms with Crippen molar-refractivity contribution in [2.45, 2.75) is 6.54 Å². The second-order valence-electron chi connectivity index (χ2n) is 6.79. The van der Waals surface area contributed by atoms with Gasteiger partial charge in [0.1, 0.15) is 10.8 Å². The molecule has 1 aliphatic rings. The number of ether oxygens (including phenoxy) is 1. The van der Waals surface area contributed by atoms with Crippen molar-refractivity contribution in [3.63, 3.8) is 0 Å². The van der Waals surface area contributed by atoms with E-state index in [1.54, 1.807) is 18.4 Å². The summed E-state index contributed by atoms with van der Waals surface area (Å²) < 4.78 is 5.16. The Morgan fingerprint density at radius 2 is 1.75 bits per heavy atom. The van der Waals surface area contributed by atoms with Gasteiger partial charge in [0, 0.05) is 42.7 Å². The molecule has 0 unspecified atom stereocenters. The second-order valence-corrected chi connectivity index (χ2v) is 7.73. The van der Waals surface area contributed by atoms with E-state index < -0.39 is 0 Å². The number of nitrogens with zero attached hydrogens (tertiary/aromatic N) is 3. The summed E-state index contributed by atoms with van der Waals surface area (Å²) in [5.74, 6) is 0.850. The van der Waals surface area contributed by atoms with Gasteiger partial charge in [-0.1, -0.05) is 30.3 Å². The highest BCUT2D eigenvalue weighted by Gasteiger charge is 2.22. The maximum absolute atomic E-state index is 12.7. The van der Waals surface area contributed by atoms with E-state index in [0.29, 0.717) is 5.56 Å². The highest BCUT2D eigenvalue weighted by Crippen LogP contribution is 2.23. The highest BCUT2D eigenvalue weighted by molar-refractivity contribution is 7.09. The van der Waals surface area contributed by atoms with Crippen molar-refractivity contribution < 1.29 is 9.53 Å². The van der Waals surface area contributed by atoms with Gasteiger partial charge in [-0.25, -0.2) is 4.98 Å². The summed E-state index contributed by atoms with van der Waals surface area (Å²) in [4.78, 5) is 21.8. The summed E-state index contributed by atoms with van der Waals surface area (Å²) in [5.41, 5.74) is 2.90. The van der Waals surface area contributed by atoms with Crippen LogP contribution in [0.15, 0.2) is 60.0 Å². The van der Waals surface area contributed by atoms with Crippen molar-refractivity contribution in [3.05, 3.63) is 70.5 Å². The first-order valence-corrected chi connectivity index (χ1v) is 10.3. The zero-order chi connectivity index (χ0) is 19.3. The van der Waals surface area contributed by atoms with Crippen molar-refractivity contribution in [1.29, 1.82) is 0 Å². The van der Waals surface area contributed by atoms with Gasteiger partial charge < -0.3 is 9.64 Å². The van der Waals surface area contributed by atoms with E-state index in [1.165, 1.54) is 0 Å². The number of amides is 1. The number of rotatable bonds is 5. The molecule has 144 valence electrons. The number of aromatic nitrogens is 1. The lowest BCUT2D eigenvalue weighted by molar-refractivity contribution is 0.0628. The Labute approximate surface area is 169 Å². The number of thiazole rings is 1. The summed E-state index contributed by atoms with van der Waals surface area (Å²) in [7, 11) is 1.63. The van der Waals surface area contributed by atoms with Crippen molar-refractivity contribution >= 4 is 17.2 Å². The molecule has 0 saturated carbocycles. The average molecular weight is 394 g/mol. The van der Waals surface area contributed by atoms with Crippen LogP contribution in [0.4, 0.5) is 0 Å². The normalized spacial score (nSPS) is 14.8. The monoisotopic (exact) mass is 393 g/mol. The Hall–Kier alpha value is -2.70. The first kappa shape index (κ1) is 18.7. The highest BCUT2D eigenvalue weighted by atomic mass is 32.1. The fraction of sp³-hybridized carbons (Fsp3) is 0.273. The zero-order valence-corrected chi connectivity index (χ0v) is 16.7. The van der Waals surface area contributed by atoms with E-state index in [-0.39, 0.29) is 5.91 Å². The molecule has 1 fully saturated rings. The van der Waals surface area contributed by atoms with Crippen molar-refractivity contribution in [2.75, 3.05) is 33.3 Å². The standard InChI is InChI=1S/C22H23N3O2S/c1-27-19-9-7-18(8-10-19)22(26)25-13-11-24(12-14-25)15-21-23-20(16-28-21)17-5-3-2-4-6-17/h2-10,16H,11-15H2,1H3. The molecule has 4 rings (SSSR count). The molecule has 1 aliphatic heterocycles. The molecule has 0 N–H and O–H groups in total. The number of carbonyl (C=O) groups excluding carboxylic acids is 1. The van der Waals surface area contributed by atoms with Gasteiger partial charge >= 0.3 is 0 Å². The van der Waals surface area contributed by atoms with E-state index in [1.807, 2.05) is 47.4 Å². The fourth-order valence-electron chi connectivity index (χ4n) is 3.34. The lowest BCUT2D eigenvalue weighted by Crippen LogP contribution is -2.48. The molecule has 1 saturated heterocycles. The Balaban J connectivity index is 1.32. The van der Waals surface area contributed by atoms with E-state index >= 15 is 0 Å². The zero-order valence-electron chi connectivity index (χ0n) is 15.9. The van der Waals surface area contributed by atoms with Crippen LogP contribution in [0.5, 0.6) is 5.75 Å². The lowest BCUT2D eigenvalue weighted by atomic mass is 10.1. The minimum absolute atomic E-state index is 0.0860. The molecule has 5 nitrogen and oxygen atoms in total. The average Bonchev–Trinajstić information content (AvgIpc) is 3.23. The molecule has 3 aromatic rings. The van der Waals surface area contributed by atoms with Gasteiger partial charge in [0.05, 0.1) is 19.3 Å². The topological polar surface area (TPSA) is 45.7 Å². The Morgan fingerprint density at radius 3 is 2.43 bits per heavy atom. The molecule has 1 amide bonds. The number of hydrogen-bond acceptors (Lipinski definition) is 5. The van der Waals surface area contributed by atoms with Crippen LogP contribution < -0.4 is 4.74 Å². The molecule has 2 aromatic carbocycles. The maximum atomic E-state index is 12.7. The van der Waals surface area contributed by atoms with E-state index in [4.69, 9.17) is 9.72 Å². The molecule has 28 heavy (non-hydrogen) atoms. The van der Waals surface area contributed by atoms with Crippen LogP contribution in [0, 0.1) is 0 Å². The number of piperazine rings is 1. The smallest absolute Gasteiger partial charge is 0.253 e. The van der Waals surface area contributed by atoms with Crippen molar-refractivity contribution in [3.8, 4) is 17.0 Å². The van der Waals surface area contributed by atoms with Crippen molar-refractivity contribution in [2.24, 2.45) is 0 Å². The Bertz CT molecular complexity index is 916. The third-order valence-corrected chi connectivity index (χ3v) is 5.81. The molecule has 0 bridgehead atoms. The van der Waals surface area contributed by atoms with Gasteiger partial charge in [-0.2, -0.15) is 0 Å². The van der Waals surface area contributed by atoms with Crippen LogP contribution in [0.25, 0.3) is 11.3 Å². The third-order valence-electron chi connectivity index (χ3n) is 4.98. The Morgan fingerprint density at radius 1 is 1.04 bits per heavy atom. The second kappa shape index (κ2) is 8.54. The number of carbonyl (C=O) groups is 1. The summed E-state index contributed by atoms with van der Waals surface area (Å²) in [6.45, 7) is 4.04. The number of benzene rings is 2. The molecular weight excluding hydrogens is 370 g/mol. The van der Waals surface area contributed by atoms with Gasteiger partial charge in [-0.05, 0) is 24.3 Å². The SMILES string of the molecule is COc1ccc(C(=O)N2CCN(Cc3nc(-c4ccccc4)cs3)CC2)cc1. The van der Waals surface area contributed by atoms with Gasteiger partial charge in [0.15, 0.2) is 0 Å². The van der Waals surface area contributed by atoms with Crippen LogP contribution in [0.3, 0.4) is 0 Å². The number of hydrogen-bond donors (Lipinski definition) is 0. The molecule has 0 spiro atoms. The quantitative estimate of drug-likeness (QED) is 0.662. The third kappa shape index (κ3) is 4.24. The first-order chi connectivity index (χ1) is 13.7. The molecule has 0 radical (unpaired) electrons. The molecule has 0 atom stereocenters. The molecular formula is C22H23N3O2S. The van der Waals surface area contributed by atoms with Gasteiger partial charge in [-0.3, -0.25) is 9.69 Å². The fourth-order valence-corrected chi connectivity index (χ4v) is 4.19.